The van der Waals surface area contributed by atoms with Crippen LogP contribution in [-0.2, 0) is 17.8 Å². The summed E-state index contributed by atoms with van der Waals surface area (Å²) in [7, 11) is 0. The fraction of sp³-hybridized carbons (Fsp3) is 0.333. The van der Waals surface area contributed by atoms with Gasteiger partial charge in [0, 0.05) is 13.0 Å². The van der Waals surface area contributed by atoms with Gasteiger partial charge in [0.25, 0.3) is 5.91 Å². The topological polar surface area (TPSA) is 49.0 Å². The Balaban J connectivity index is 2.15. The van der Waals surface area contributed by atoms with Gasteiger partial charge < -0.3 is 9.88 Å². The molecule has 0 spiro atoms. The summed E-state index contributed by atoms with van der Waals surface area (Å²) in [6, 6.07) is 0. The van der Waals surface area contributed by atoms with E-state index in [1.54, 1.807) is 11.2 Å². The molecule has 2 rings (SSSR count). The maximum atomic E-state index is 11.5. The molecule has 1 aliphatic rings. The molecular weight excluding hydrogens is 202 g/mol. The molecule has 74 valence electrons. The summed E-state index contributed by atoms with van der Waals surface area (Å²) in [5.74, 6) is -0.202. The Hall–Kier alpha value is -1.29. The number of amides is 1. The van der Waals surface area contributed by atoms with Crippen molar-refractivity contribution in [3.63, 3.8) is 0 Å². The number of fused-ring (bicyclic) bond motifs is 1. The lowest BCUT2D eigenvalue weighted by Crippen LogP contribution is -2.35. The Kier molecular flexibility index (Phi) is 2.29. The third kappa shape index (κ3) is 1.53. The number of aromatic nitrogens is 2. The highest BCUT2D eigenvalue weighted by Gasteiger charge is 2.22. The average Bonchev–Trinajstić information content (AvgIpc) is 2.62. The number of rotatable bonds is 1. The lowest BCUT2D eigenvalue weighted by molar-refractivity contribution is -0.127. The van der Waals surface area contributed by atoms with E-state index in [-0.39, 0.29) is 10.9 Å². The Morgan fingerprint density at radius 3 is 3.21 bits per heavy atom. The SMILES string of the molecule is C=C(Cl)C(=O)N1CCc2nc[nH]c2C1. The van der Waals surface area contributed by atoms with Crippen molar-refractivity contribution >= 4 is 17.5 Å². The van der Waals surface area contributed by atoms with Gasteiger partial charge in [-0.05, 0) is 0 Å². The van der Waals surface area contributed by atoms with Gasteiger partial charge in [0.1, 0.15) is 0 Å². The minimum atomic E-state index is -0.202. The summed E-state index contributed by atoms with van der Waals surface area (Å²) in [5, 5.41) is 0.0629. The lowest BCUT2D eigenvalue weighted by atomic mass is 10.1. The van der Waals surface area contributed by atoms with Crippen LogP contribution < -0.4 is 0 Å². The number of nitrogens with zero attached hydrogens (tertiary/aromatic N) is 2. The first-order valence-corrected chi connectivity index (χ1v) is 4.71. The monoisotopic (exact) mass is 211 g/mol. The lowest BCUT2D eigenvalue weighted by Gasteiger charge is -2.25. The van der Waals surface area contributed by atoms with Crippen LogP contribution in [0.1, 0.15) is 11.4 Å². The van der Waals surface area contributed by atoms with Crippen LogP contribution in [0.2, 0.25) is 0 Å². The van der Waals surface area contributed by atoms with Crippen LogP contribution in [0.5, 0.6) is 0 Å². The Labute approximate surface area is 86.6 Å². The number of hydrogen-bond acceptors (Lipinski definition) is 2. The smallest absolute Gasteiger partial charge is 0.265 e. The molecule has 0 fully saturated rings. The zero-order valence-corrected chi connectivity index (χ0v) is 8.34. The van der Waals surface area contributed by atoms with Crippen LogP contribution in [0.15, 0.2) is 17.9 Å². The molecule has 0 saturated heterocycles. The van der Waals surface area contributed by atoms with Gasteiger partial charge in [0.15, 0.2) is 0 Å². The zero-order valence-electron chi connectivity index (χ0n) is 7.59. The Morgan fingerprint density at radius 1 is 1.71 bits per heavy atom. The first kappa shape index (κ1) is 9.27. The Bertz CT molecular complexity index is 385. The summed E-state index contributed by atoms with van der Waals surface area (Å²) in [5.41, 5.74) is 2.02. The van der Waals surface area contributed by atoms with E-state index in [0.717, 1.165) is 17.8 Å². The van der Waals surface area contributed by atoms with Crippen LogP contribution in [0.25, 0.3) is 0 Å². The molecule has 0 aromatic carbocycles. The summed E-state index contributed by atoms with van der Waals surface area (Å²) in [4.78, 5) is 20.3. The highest BCUT2D eigenvalue weighted by atomic mass is 35.5. The molecule has 1 aliphatic heterocycles. The molecule has 1 N–H and O–H groups in total. The fourth-order valence-corrected chi connectivity index (χ4v) is 1.68. The zero-order chi connectivity index (χ0) is 10.1. The number of H-pyrrole nitrogens is 1. The van der Waals surface area contributed by atoms with Gasteiger partial charge in [-0.15, -0.1) is 0 Å². The van der Waals surface area contributed by atoms with Crippen LogP contribution in [0, 0.1) is 0 Å². The van der Waals surface area contributed by atoms with E-state index in [4.69, 9.17) is 11.6 Å². The van der Waals surface area contributed by atoms with Crippen LogP contribution in [0.3, 0.4) is 0 Å². The maximum Gasteiger partial charge on any atom is 0.265 e. The molecule has 1 amide bonds. The van der Waals surface area contributed by atoms with E-state index in [0.29, 0.717) is 13.1 Å². The second kappa shape index (κ2) is 3.46. The van der Waals surface area contributed by atoms with Crippen molar-refractivity contribution in [2.45, 2.75) is 13.0 Å². The first-order valence-electron chi connectivity index (χ1n) is 4.33. The quantitative estimate of drug-likeness (QED) is 0.706. The van der Waals surface area contributed by atoms with Crippen LogP contribution in [0.4, 0.5) is 0 Å². The van der Waals surface area contributed by atoms with Gasteiger partial charge in [0.2, 0.25) is 0 Å². The second-order valence-corrected chi connectivity index (χ2v) is 3.67. The Morgan fingerprint density at radius 2 is 2.50 bits per heavy atom. The summed E-state index contributed by atoms with van der Waals surface area (Å²) >= 11 is 5.55. The molecule has 0 bridgehead atoms. The van der Waals surface area contributed by atoms with E-state index in [9.17, 15) is 4.79 Å². The largest absolute Gasteiger partial charge is 0.347 e. The third-order valence-corrected chi connectivity index (χ3v) is 2.46. The van der Waals surface area contributed by atoms with Crippen molar-refractivity contribution < 1.29 is 4.79 Å². The van der Waals surface area contributed by atoms with E-state index in [2.05, 4.69) is 16.5 Å². The van der Waals surface area contributed by atoms with E-state index in [1.807, 2.05) is 0 Å². The molecular formula is C9H10ClN3O. The highest BCUT2D eigenvalue weighted by Crippen LogP contribution is 2.17. The molecule has 0 aliphatic carbocycles. The van der Waals surface area contributed by atoms with Crippen molar-refractivity contribution in [1.29, 1.82) is 0 Å². The molecule has 2 heterocycles. The van der Waals surface area contributed by atoms with Gasteiger partial charge in [-0.2, -0.15) is 0 Å². The molecule has 0 unspecified atom stereocenters. The number of carbonyl (C=O) groups excluding carboxylic acids is 1. The number of imidazole rings is 1. The molecule has 0 radical (unpaired) electrons. The van der Waals surface area contributed by atoms with Gasteiger partial charge in [-0.1, -0.05) is 18.2 Å². The number of carbonyl (C=O) groups is 1. The van der Waals surface area contributed by atoms with Crippen molar-refractivity contribution in [3.8, 4) is 0 Å². The fourth-order valence-electron chi connectivity index (χ4n) is 1.56. The van der Waals surface area contributed by atoms with Crippen molar-refractivity contribution in [2.75, 3.05) is 6.54 Å². The average molecular weight is 212 g/mol. The number of nitrogens with one attached hydrogen (secondary N) is 1. The van der Waals surface area contributed by atoms with Gasteiger partial charge >= 0.3 is 0 Å². The van der Waals surface area contributed by atoms with Crippen molar-refractivity contribution in [2.24, 2.45) is 0 Å². The van der Waals surface area contributed by atoms with Crippen LogP contribution in [-0.4, -0.2) is 27.3 Å². The first-order chi connectivity index (χ1) is 6.68. The van der Waals surface area contributed by atoms with Gasteiger partial charge in [-0.3, -0.25) is 4.79 Å². The molecule has 4 nitrogen and oxygen atoms in total. The number of halogens is 1. The van der Waals surface area contributed by atoms with Crippen molar-refractivity contribution in [3.05, 3.63) is 29.3 Å². The normalized spacial score (nSPS) is 15.1. The molecule has 14 heavy (non-hydrogen) atoms. The number of aromatic amines is 1. The van der Waals surface area contributed by atoms with E-state index in [1.165, 1.54) is 0 Å². The van der Waals surface area contributed by atoms with E-state index < -0.39 is 0 Å². The van der Waals surface area contributed by atoms with E-state index >= 15 is 0 Å². The molecule has 1 aromatic heterocycles. The van der Waals surface area contributed by atoms with Crippen molar-refractivity contribution in [1.82, 2.24) is 14.9 Å². The predicted molar refractivity (Wildman–Crippen MR) is 52.7 cm³/mol. The molecule has 0 atom stereocenters. The maximum absolute atomic E-state index is 11.5. The minimum absolute atomic E-state index is 0.0629. The standard InChI is InChI=1S/C9H10ClN3O/c1-6(10)9(14)13-3-2-7-8(4-13)12-5-11-7/h5H,1-4H2,(H,11,12). The second-order valence-electron chi connectivity index (χ2n) is 3.21. The predicted octanol–water partition coefficient (Wildman–Crippen LogP) is 1.05. The highest BCUT2D eigenvalue weighted by molar-refractivity contribution is 6.41. The molecule has 5 heteroatoms. The number of hydrogen-bond donors (Lipinski definition) is 1. The summed E-state index contributed by atoms with van der Waals surface area (Å²) in [6.45, 7) is 4.62. The third-order valence-electron chi connectivity index (χ3n) is 2.29. The van der Waals surface area contributed by atoms with Gasteiger partial charge in [0.05, 0.1) is 29.3 Å². The molecule has 0 saturated carbocycles. The molecule has 1 aromatic rings. The van der Waals surface area contributed by atoms with Gasteiger partial charge in [-0.25, -0.2) is 4.98 Å². The minimum Gasteiger partial charge on any atom is -0.347 e. The summed E-state index contributed by atoms with van der Waals surface area (Å²) in [6.07, 6.45) is 2.42. The van der Waals surface area contributed by atoms with Crippen LogP contribution >= 0.6 is 11.6 Å². The summed E-state index contributed by atoms with van der Waals surface area (Å²) < 4.78 is 0.